The van der Waals surface area contributed by atoms with Crippen molar-refractivity contribution in [1.29, 1.82) is 5.26 Å². The largest absolute Gasteiger partial charge is 0.383 e. The fourth-order valence-corrected chi connectivity index (χ4v) is 2.29. The van der Waals surface area contributed by atoms with Gasteiger partial charge in [-0.25, -0.2) is 9.97 Å². The smallest absolute Gasteiger partial charge is 0.162 e. The number of pyridine rings is 2. The molecule has 0 radical (unpaired) electrons. The number of rotatable bonds is 1. The molecule has 0 amide bonds. The minimum absolute atomic E-state index is 0.218. The summed E-state index contributed by atoms with van der Waals surface area (Å²) in [5, 5.41) is 10.2. The quantitative estimate of drug-likeness (QED) is 0.729. The van der Waals surface area contributed by atoms with Gasteiger partial charge in [0.05, 0.1) is 0 Å². The van der Waals surface area contributed by atoms with Gasteiger partial charge in [0.25, 0.3) is 0 Å². The Hall–Kier alpha value is -2.93. The first-order valence-corrected chi connectivity index (χ1v) is 6.22. The number of aromatic nitrogens is 2. The van der Waals surface area contributed by atoms with Gasteiger partial charge in [-0.3, -0.25) is 0 Å². The van der Waals surface area contributed by atoms with Crippen molar-refractivity contribution in [3.05, 3.63) is 53.7 Å². The number of nitrogens with zero attached hydrogens (tertiary/aromatic N) is 3. The molecule has 0 aliphatic carbocycles. The Balaban J connectivity index is 2.49. The van der Waals surface area contributed by atoms with Crippen LogP contribution in [-0.4, -0.2) is 9.97 Å². The molecule has 2 N–H and O–H groups in total. The van der Waals surface area contributed by atoms with E-state index in [1.54, 1.807) is 6.20 Å². The molecule has 0 bridgehead atoms. The first-order valence-electron chi connectivity index (χ1n) is 6.22. The zero-order valence-electron chi connectivity index (χ0n) is 11.0. The summed E-state index contributed by atoms with van der Waals surface area (Å²) in [6, 6.07) is 13.9. The van der Waals surface area contributed by atoms with E-state index >= 15 is 0 Å². The fourth-order valence-electron chi connectivity index (χ4n) is 2.29. The van der Waals surface area contributed by atoms with Crippen molar-refractivity contribution < 1.29 is 0 Å². The number of nitrogen functional groups attached to an aromatic ring is 1. The van der Waals surface area contributed by atoms with Crippen molar-refractivity contribution in [1.82, 2.24) is 9.97 Å². The van der Waals surface area contributed by atoms with Gasteiger partial charge in [-0.05, 0) is 24.1 Å². The van der Waals surface area contributed by atoms with E-state index in [0.717, 1.165) is 22.1 Å². The van der Waals surface area contributed by atoms with Crippen LogP contribution in [0.2, 0.25) is 0 Å². The number of fused-ring (bicyclic) bond motifs is 1. The van der Waals surface area contributed by atoms with Crippen LogP contribution >= 0.6 is 0 Å². The first kappa shape index (κ1) is 12.1. The number of anilines is 1. The van der Waals surface area contributed by atoms with Crippen LogP contribution in [0.15, 0.2) is 42.6 Å². The van der Waals surface area contributed by atoms with E-state index in [0.29, 0.717) is 11.2 Å². The number of nitrogens with two attached hydrogens (primary N) is 1. The maximum atomic E-state index is 9.40. The summed E-state index contributed by atoms with van der Waals surface area (Å²) in [6.45, 7) is 1.96. The van der Waals surface area contributed by atoms with Crippen LogP contribution in [0.5, 0.6) is 0 Å². The van der Waals surface area contributed by atoms with E-state index in [9.17, 15) is 5.26 Å². The van der Waals surface area contributed by atoms with E-state index in [2.05, 4.69) is 16.0 Å². The molecule has 3 rings (SSSR count). The van der Waals surface area contributed by atoms with Gasteiger partial charge in [0.15, 0.2) is 5.65 Å². The second-order valence-electron chi connectivity index (χ2n) is 4.61. The normalized spacial score (nSPS) is 10.4. The fraction of sp³-hybridized carbons (Fsp3) is 0.0625. The summed E-state index contributed by atoms with van der Waals surface area (Å²) in [5.41, 5.74) is 9.62. The lowest BCUT2D eigenvalue weighted by Gasteiger charge is -2.10. The molecule has 0 saturated carbocycles. The molecule has 2 aromatic heterocycles. The van der Waals surface area contributed by atoms with Crippen molar-refractivity contribution in [3.63, 3.8) is 0 Å². The topological polar surface area (TPSA) is 75.6 Å². The Morgan fingerprint density at radius 1 is 1.20 bits per heavy atom. The minimum atomic E-state index is 0.218. The SMILES string of the molecule is Cc1cnc2nc(N)c(C#N)c(-c3ccccc3)c2c1. The Morgan fingerprint density at radius 3 is 2.65 bits per heavy atom. The maximum Gasteiger partial charge on any atom is 0.162 e. The van der Waals surface area contributed by atoms with Gasteiger partial charge in [0, 0.05) is 17.1 Å². The van der Waals surface area contributed by atoms with Crippen molar-refractivity contribution in [3.8, 4) is 17.2 Å². The molecule has 20 heavy (non-hydrogen) atoms. The van der Waals surface area contributed by atoms with Gasteiger partial charge in [-0.2, -0.15) is 5.26 Å². The predicted molar refractivity (Wildman–Crippen MR) is 78.8 cm³/mol. The van der Waals surface area contributed by atoms with Crippen molar-refractivity contribution in [2.45, 2.75) is 6.92 Å². The highest BCUT2D eigenvalue weighted by Gasteiger charge is 2.15. The maximum absolute atomic E-state index is 9.40. The van der Waals surface area contributed by atoms with Crippen molar-refractivity contribution >= 4 is 16.9 Å². The second-order valence-corrected chi connectivity index (χ2v) is 4.61. The lowest BCUT2D eigenvalue weighted by atomic mass is 9.97. The predicted octanol–water partition coefficient (Wildman–Crippen LogP) is 3.06. The van der Waals surface area contributed by atoms with Gasteiger partial charge in [0.1, 0.15) is 17.5 Å². The molecule has 1 aromatic carbocycles. The van der Waals surface area contributed by atoms with Gasteiger partial charge in [0.2, 0.25) is 0 Å². The number of aryl methyl sites for hydroxylation is 1. The summed E-state index contributed by atoms with van der Waals surface area (Å²) in [5.74, 6) is 0.218. The molecule has 0 atom stereocenters. The molecule has 3 aromatic rings. The van der Waals surface area contributed by atoms with Gasteiger partial charge >= 0.3 is 0 Å². The van der Waals surface area contributed by atoms with E-state index in [4.69, 9.17) is 5.73 Å². The Kier molecular flexibility index (Phi) is 2.81. The highest BCUT2D eigenvalue weighted by molar-refractivity contribution is 5.98. The van der Waals surface area contributed by atoms with E-state index in [1.165, 1.54) is 0 Å². The Morgan fingerprint density at radius 2 is 1.95 bits per heavy atom. The molecule has 96 valence electrons. The molecule has 4 heteroatoms. The highest BCUT2D eigenvalue weighted by atomic mass is 14.9. The summed E-state index contributed by atoms with van der Waals surface area (Å²) in [6.07, 6.45) is 1.75. The average molecular weight is 260 g/mol. The Labute approximate surface area is 116 Å². The van der Waals surface area contributed by atoms with Gasteiger partial charge in [-0.15, -0.1) is 0 Å². The molecule has 4 nitrogen and oxygen atoms in total. The Bertz CT molecular complexity index is 832. The molecule has 0 aliphatic rings. The van der Waals surface area contributed by atoms with Crippen LogP contribution in [0.4, 0.5) is 5.82 Å². The van der Waals surface area contributed by atoms with Gasteiger partial charge < -0.3 is 5.73 Å². The molecular weight excluding hydrogens is 248 g/mol. The summed E-state index contributed by atoms with van der Waals surface area (Å²) < 4.78 is 0. The lowest BCUT2D eigenvalue weighted by Crippen LogP contribution is -2.00. The van der Waals surface area contributed by atoms with Crippen LogP contribution in [0.1, 0.15) is 11.1 Å². The summed E-state index contributed by atoms with van der Waals surface area (Å²) >= 11 is 0. The van der Waals surface area contributed by atoms with Crippen LogP contribution < -0.4 is 5.73 Å². The average Bonchev–Trinajstić information content (AvgIpc) is 2.47. The lowest BCUT2D eigenvalue weighted by molar-refractivity contribution is 1.25. The van der Waals surface area contributed by atoms with Crippen LogP contribution in [0, 0.1) is 18.3 Å². The van der Waals surface area contributed by atoms with E-state index in [-0.39, 0.29) is 5.82 Å². The molecule has 0 aliphatic heterocycles. The third-order valence-corrected chi connectivity index (χ3v) is 3.18. The number of hydrogen-bond donors (Lipinski definition) is 1. The highest BCUT2D eigenvalue weighted by Crippen LogP contribution is 2.33. The number of benzene rings is 1. The molecule has 0 spiro atoms. The van der Waals surface area contributed by atoms with Crippen LogP contribution in [0.25, 0.3) is 22.2 Å². The third kappa shape index (κ3) is 1.86. The monoisotopic (exact) mass is 260 g/mol. The zero-order valence-corrected chi connectivity index (χ0v) is 11.0. The molecular formula is C16H12N4. The van der Waals surface area contributed by atoms with Gasteiger partial charge in [-0.1, -0.05) is 30.3 Å². The second kappa shape index (κ2) is 4.63. The summed E-state index contributed by atoms with van der Waals surface area (Å²) in [7, 11) is 0. The minimum Gasteiger partial charge on any atom is -0.383 e. The van der Waals surface area contributed by atoms with Crippen LogP contribution in [-0.2, 0) is 0 Å². The van der Waals surface area contributed by atoms with E-state index in [1.807, 2.05) is 43.3 Å². The number of hydrogen-bond acceptors (Lipinski definition) is 4. The molecule has 0 fully saturated rings. The van der Waals surface area contributed by atoms with Crippen molar-refractivity contribution in [2.75, 3.05) is 5.73 Å². The van der Waals surface area contributed by atoms with Crippen LogP contribution in [0.3, 0.4) is 0 Å². The van der Waals surface area contributed by atoms with E-state index < -0.39 is 0 Å². The molecule has 2 heterocycles. The summed E-state index contributed by atoms with van der Waals surface area (Å²) in [4.78, 5) is 8.52. The molecule has 0 unspecified atom stereocenters. The standard InChI is InChI=1S/C16H12N4/c1-10-7-12-14(11-5-3-2-4-6-11)13(8-17)15(18)20-16(12)19-9-10/h2-7,9H,1H3,(H2,18,19,20). The molecule has 0 saturated heterocycles. The first-order chi connectivity index (χ1) is 9.70. The number of nitriles is 1. The zero-order chi connectivity index (χ0) is 14.1. The third-order valence-electron chi connectivity index (χ3n) is 3.18. The van der Waals surface area contributed by atoms with Crippen molar-refractivity contribution in [2.24, 2.45) is 0 Å².